The molecule has 5 nitrogen and oxygen atoms in total. The van der Waals surface area contributed by atoms with Crippen LogP contribution < -0.4 is 16.2 Å². The Morgan fingerprint density at radius 1 is 0.636 bits per heavy atom. The van der Waals surface area contributed by atoms with Crippen LogP contribution in [-0.4, -0.2) is 0 Å². The number of rotatable bonds is 3. The highest BCUT2D eigenvalue weighted by molar-refractivity contribution is 6.31. The Bertz CT molecular complexity index is 1520. The molecular formula is C26H17Cl2NO4+. The normalized spacial score (nSPS) is 11.5. The lowest BCUT2D eigenvalue weighted by Gasteiger charge is -2.15. The molecule has 0 fully saturated rings. The minimum absolute atomic E-state index is 0.272. The number of fused-ring (bicyclic) bond motifs is 2. The van der Waals surface area contributed by atoms with Crippen molar-refractivity contribution in [2.24, 2.45) is 0 Å². The molecule has 0 aliphatic rings. The fourth-order valence-electron chi connectivity index (χ4n) is 4.07. The van der Waals surface area contributed by atoms with E-state index in [1.165, 1.54) is 0 Å². The monoisotopic (exact) mass is 477 g/mol. The maximum Gasteiger partial charge on any atom is 0.350 e. The number of anilines is 3. The van der Waals surface area contributed by atoms with Gasteiger partial charge in [-0.2, -0.15) is 0 Å². The van der Waals surface area contributed by atoms with Crippen molar-refractivity contribution in [3.05, 3.63) is 109 Å². The molecular weight excluding hydrogens is 461 g/mol. The quantitative estimate of drug-likeness (QED) is 0.202. The molecule has 7 heteroatoms. The van der Waals surface area contributed by atoms with Crippen LogP contribution in [0.5, 0.6) is 0 Å². The standard InChI is InChI=1S/C26H17Cl2NO4/c1-14-11-16-13-17-12-15(2)33-26(31)23(17)24(22(16)25(30)32-14)29(20-7-3-18(27)4-8-20)21-9-5-19(28)6-10-21/h3-13H,1-2H3/q+1. The fourth-order valence-corrected chi connectivity index (χ4v) is 4.32. The van der Waals surface area contributed by atoms with Gasteiger partial charge in [0.15, 0.2) is 11.4 Å². The van der Waals surface area contributed by atoms with Gasteiger partial charge in [0, 0.05) is 34.3 Å². The molecule has 0 aliphatic heterocycles. The van der Waals surface area contributed by atoms with Crippen LogP contribution in [0.2, 0.25) is 10.0 Å². The molecule has 0 N–H and O–H groups in total. The topological polar surface area (TPSA) is 66.3 Å². The lowest BCUT2D eigenvalue weighted by atomic mass is 10.0. The molecule has 2 heterocycles. The van der Waals surface area contributed by atoms with Crippen LogP contribution >= 0.6 is 23.2 Å². The summed E-state index contributed by atoms with van der Waals surface area (Å²) >= 11 is 12.3. The smallest absolute Gasteiger partial charge is 0.350 e. The number of hydrogen-bond donors (Lipinski definition) is 0. The van der Waals surface area contributed by atoms with Crippen molar-refractivity contribution in [3.8, 4) is 0 Å². The number of benzene rings is 3. The largest absolute Gasteiger partial charge is 0.428 e. The molecule has 5 rings (SSSR count). The Morgan fingerprint density at radius 3 is 1.42 bits per heavy atom. The SMILES string of the molecule is Cc1cc2cc3cc(C)oc(=O)c3c([N+](c3ccc(Cl)cc3)c3ccc(Cl)cc3)c2c(=O)o1. The molecule has 0 spiro atoms. The van der Waals surface area contributed by atoms with E-state index in [1.807, 2.05) is 35.2 Å². The van der Waals surface area contributed by atoms with Gasteiger partial charge in [0.2, 0.25) is 5.69 Å². The maximum absolute atomic E-state index is 13.1. The van der Waals surface area contributed by atoms with Crippen LogP contribution in [0.1, 0.15) is 11.5 Å². The predicted octanol–water partition coefficient (Wildman–Crippen LogP) is 7.26. The average molecular weight is 478 g/mol. The summed E-state index contributed by atoms with van der Waals surface area (Å²) < 4.78 is 10.9. The minimum atomic E-state index is -0.546. The highest BCUT2D eigenvalue weighted by Crippen LogP contribution is 2.42. The van der Waals surface area contributed by atoms with Crippen molar-refractivity contribution >= 4 is 61.8 Å². The first-order valence-electron chi connectivity index (χ1n) is 10.1. The summed E-state index contributed by atoms with van der Waals surface area (Å²) in [5.74, 6) is 0.948. The first-order chi connectivity index (χ1) is 15.8. The van der Waals surface area contributed by atoms with Crippen LogP contribution in [0.25, 0.3) is 21.5 Å². The zero-order chi connectivity index (χ0) is 23.3. The van der Waals surface area contributed by atoms with Gasteiger partial charge in [-0.05, 0) is 67.1 Å². The lowest BCUT2D eigenvalue weighted by molar-refractivity contribution is 0.486. The Balaban J connectivity index is 2.01. The molecule has 0 aliphatic carbocycles. The van der Waals surface area contributed by atoms with E-state index in [1.54, 1.807) is 50.2 Å². The molecule has 33 heavy (non-hydrogen) atoms. The highest BCUT2D eigenvalue weighted by Gasteiger charge is 2.34. The van der Waals surface area contributed by atoms with Gasteiger partial charge in [-0.15, -0.1) is 0 Å². The first-order valence-corrected chi connectivity index (χ1v) is 10.9. The van der Waals surface area contributed by atoms with Crippen molar-refractivity contribution in [1.82, 2.24) is 4.90 Å². The second-order valence-electron chi connectivity index (χ2n) is 7.73. The van der Waals surface area contributed by atoms with Crippen LogP contribution in [0.15, 0.2) is 85.2 Å². The summed E-state index contributed by atoms with van der Waals surface area (Å²) in [6.45, 7) is 3.43. The zero-order valence-corrected chi connectivity index (χ0v) is 19.2. The molecule has 5 aromatic rings. The third-order valence-electron chi connectivity index (χ3n) is 5.39. The number of halogens is 2. The van der Waals surface area contributed by atoms with Gasteiger partial charge in [0.1, 0.15) is 22.3 Å². The van der Waals surface area contributed by atoms with E-state index >= 15 is 0 Å². The fraction of sp³-hybridized carbons (Fsp3) is 0.0769. The highest BCUT2D eigenvalue weighted by atomic mass is 35.5. The maximum atomic E-state index is 13.1. The molecule has 163 valence electrons. The van der Waals surface area contributed by atoms with Crippen LogP contribution in [-0.2, 0) is 0 Å². The Hall–Kier alpha value is -3.38. The molecule has 0 saturated heterocycles. The van der Waals surface area contributed by atoms with Gasteiger partial charge in [0.05, 0.1) is 0 Å². The van der Waals surface area contributed by atoms with Gasteiger partial charge < -0.3 is 8.83 Å². The van der Waals surface area contributed by atoms with Gasteiger partial charge in [-0.3, -0.25) is 0 Å². The predicted molar refractivity (Wildman–Crippen MR) is 132 cm³/mol. The Kier molecular flexibility index (Phi) is 5.33. The number of aryl methyl sites for hydroxylation is 2. The van der Waals surface area contributed by atoms with Gasteiger partial charge >= 0.3 is 11.3 Å². The Labute approximate surface area is 198 Å². The molecule has 0 saturated carbocycles. The summed E-state index contributed by atoms with van der Waals surface area (Å²) in [5, 5.41) is 2.97. The van der Waals surface area contributed by atoms with Crippen molar-refractivity contribution in [1.29, 1.82) is 0 Å². The van der Waals surface area contributed by atoms with E-state index in [2.05, 4.69) is 0 Å². The average Bonchev–Trinajstić information content (AvgIpc) is 2.75. The van der Waals surface area contributed by atoms with E-state index in [0.29, 0.717) is 49.4 Å². The third-order valence-corrected chi connectivity index (χ3v) is 5.89. The lowest BCUT2D eigenvalue weighted by Crippen LogP contribution is -2.18. The molecule has 0 bridgehead atoms. The number of hydrogen-bond acceptors (Lipinski definition) is 5. The summed E-state index contributed by atoms with van der Waals surface area (Å²) in [6, 6.07) is 19.6. The van der Waals surface area contributed by atoms with Crippen molar-refractivity contribution in [2.75, 3.05) is 0 Å². The summed E-state index contributed by atoms with van der Waals surface area (Å²) in [4.78, 5) is 28.1. The van der Waals surface area contributed by atoms with Crippen LogP contribution in [0.3, 0.4) is 0 Å². The third kappa shape index (κ3) is 3.85. The molecule has 0 unspecified atom stereocenters. The van der Waals surface area contributed by atoms with Gasteiger partial charge in [-0.25, -0.2) is 9.59 Å². The van der Waals surface area contributed by atoms with Crippen molar-refractivity contribution in [2.45, 2.75) is 13.8 Å². The van der Waals surface area contributed by atoms with Gasteiger partial charge in [-0.1, -0.05) is 28.1 Å². The summed E-state index contributed by atoms with van der Waals surface area (Å²) in [5.41, 5.74) is 0.658. The van der Waals surface area contributed by atoms with Crippen LogP contribution in [0, 0.1) is 13.8 Å². The molecule has 0 atom stereocenters. The summed E-state index contributed by atoms with van der Waals surface area (Å²) in [7, 11) is 0. The second kappa shape index (κ2) is 8.19. The minimum Gasteiger partial charge on any atom is -0.428 e. The first kappa shape index (κ1) is 21.5. The Morgan fingerprint density at radius 2 is 1.03 bits per heavy atom. The van der Waals surface area contributed by atoms with E-state index in [9.17, 15) is 9.59 Å². The van der Waals surface area contributed by atoms with Gasteiger partial charge in [0.25, 0.3) is 0 Å². The molecule has 1 radical (unpaired) electrons. The second-order valence-corrected chi connectivity index (χ2v) is 8.60. The van der Waals surface area contributed by atoms with E-state index in [-0.39, 0.29) is 10.8 Å². The zero-order valence-electron chi connectivity index (χ0n) is 17.7. The molecule has 0 amide bonds. The van der Waals surface area contributed by atoms with Crippen molar-refractivity contribution < 1.29 is 8.83 Å². The van der Waals surface area contributed by atoms with Crippen molar-refractivity contribution in [3.63, 3.8) is 0 Å². The number of nitrogens with zero attached hydrogens (tertiary/aromatic N) is 1. The van der Waals surface area contributed by atoms with Crippen LogP contribution in [0.4, 0.5) is 17.1 Å². The summed E-state index contributed by atoms with van der Waals surface area (Å²) in [6.07, 6.45) is 0. The molecule has 3 aromatic carbocycles. The van der Waals surface area contributed by atoms with E-state index < -0.39 is 11.3 Å². The van der Waals surface area contributed by atoms with E-state index in [0.717, 1.165) is 0 Å². The molecule has 2 aromatic heterocycles. The van der Waals surface area contributed by atoms with E-state index in [4.69, 9.17) is 32.0 Å².